The van der Waals surface area contributed by atoms with Crippen LogP contribution in [0.25, 0.3) is 0 Å². The summed E-state index contributed by atoms with van der Waals surface area (Å²) < 4.78 is 5.24. The Kier molecular flexibility index (Phi) is 6.80. The van der Waals surface area contributed by atoms with Gasteiger partial charge >= 0.3 is 0 Å². The molecule has 0 radical (unpaired) electrons. The third-order valence-corrected chi connectivity index (χ3v) is 5.91. The molecular formula is C26H30N4O2. The zero-order valence-electron chi connectivity index (χ0n) is 18.7. The fourth-order valence-electron chi connectivity index (χ4n) is 4.00. The largest absolute Gasteiger partial charge is 0.497 e. The molecule has 1 amide bonds. The standard InChI is InChI=1S/C26H30N4O2/c1-28(21-8-4-3-5-9-21)25-11-7-6-10-24(25)27-20-26(31)30-18-16-29(17-19-30)22-12-14-23(32-2)15-13-22/h3-15,27H,16-20H2,1-2H3. The molecule has 0 spiro atoms. The Morgan fingerprint density at radius 1 is 0.906 bits per heavy atom. The summed E-state index contributed by atoms with van der Waals surface area (Å²) in [4.78, 5) is 19.2. The van der Waals surface area contributed by atoms with Crippen molar-refractivity contribution in [1.29, 1.82) is 0 Å². The summed E-state index contributed by atoms with van der Waals surface area (Å²) in [6.45, 7) is 3.37. The predicted molar refractivity (Wildman–Crippen MR) is 131 cm³/mol. The fourth-order valence-corrected chi connectivity index (χ4v) is 4.00. The van der Waals surface area contributed by atoms with Crippen molar-refractivity contribution in [1.82, 2.24) is 4.90 Å². The lowest BCUT2D eigenvalue weighted by Crippen LogP contribution is -2.50. The lowest BCUT2D eigenvalue weighted by molar-refractivity contribution is -0.129. The average Bonchev–Trinajstić information content (AvgIpc) is 2.87. The molecule has 1 aliphatic heterocycles. The summed E-state index contributed by atoms with van der Waals surface area (Å²) in [6.07, 6.45) is 0. The molecule has 6 nitrogen and oxygen atoms in total. The van der Waals surface area contributed by atoms with Crippen LogP contribution < -0.4 is 19.9 Å². The highest BCUT2D eigenvalue weighted by Gasteiger charge is 2.21. The number of nitrogens with zero attached hydrogens (tertiary/aromatic N) is 3. The fraction of sp³-hybridized carbons (Fsp3) is 0.269. The Morgan fingerprint density at radius 2 is 1.56 bits per heavy atom. The zero-order valence-corrected chi connectivity index (χ0v) is 18.7. The van der Waals surface area contributed by atoms with Gasteiger partial charge in [0.15, 0.2) is 0 Å². The number of rotatable bonds is 7. The van der Waals surface area contributed by atoms with Crippen molar-refractivity contribution < 1.29 is 9.53 Å². The molecular weight excluding hydrogens is 400 g/mol. The second-order valence-electron chi connectivity index (χ2n) is 7.83. The second kappa shape index (κ2) is 10.1. The number of carbonyl (C=O) groups excluding carboxylic acids is 1. The Bertz CT molecular complexity index is 1020. The molecule has 1 fully saturated rings. The molecule has 3 aromatic rings. The number of ether oxygens (including phenoxy) is 1. The smallest absolute Gasteiger partial charge is 0.241 e. The quantitative estimate of drug-likeness (QED) is 0.608. The van der Waals surface area contributed by atoms with E-state index in [4.69, 9.17) is 4.74 Å². The number of para-hydroxylation sites is 3. The van der Waals surface area contributed by atoms with Crippen LogP contribution in [0.5, 0.6) is 5.75 Å². The average molecular weight is 431 g/mol. The monoisotopic (exact) mass is 430 g/mol. The highest BCUT2D eigenvalue weighted by Crippen LogP contribution is 2.30. The highest BCUT2D eigenvalue weighted by atomic mass is 16.5. The molecule has 0 aromatic heterocycles. The van der Waals surface area contributed by atoms with Crippen molar-refractivity contribution in [3.05, 3.63) is 78.9 Å². The summed E-state index contributed by atoms with van der Waals surface area (Å²) in [5, 5.41) is 3.36. The molecule has 6 heteroatoms. The van der Waals surface area contributed by atoms with Crippen molar-refractivity contribution in [3.63, 3.8) is 0 Å². The highest BCUT2D eigenvalue weighted by molar-refractivity contribution is 5.84. The molecule has 4 rings (SSSR count). The molecule has 0 saturated carbocycles. The Balaban J connectivity index is 1.33. The van der Waals surface area contributed by atoms with Crippen LogP contribution in [-0.2, 0) is 4.79 Å². The summed E-state index contributed by atoms with van der Waals surface area (Å²) in [5.41, 5.74) is 4.25. The summed E-state index contributed by atoms with van der Waals surface area (Å²) in [7, 11) is 3.71. The van der Waals surface area contributed by atoms with E-state index in [0.717, 1.165) is 54.7 Å². The van der Waals surface area contributed by atoms with Crippen molar-refractivity contribution in [2.24, 2.45) is 0 Å². The van der Waals surface area contributed by atoms with E-state index in [1.165, 1.54) is 0 Å². The van der Waals surface area contributed by atoms with Gasteiger partial charge in [0.25, 0.3) is 0 Å². The number of carbonyl (C=O) groups is 1. The van der Waals surface area contributed by atoms with Crippen LogP contribution >= 0.6 is 0 Å². The first kappa shape index (κ1) is 21.6. The van der Waals surface area contributed by atoms with E-state index in [1.807, 2.05) is 60.5 Å². The van der Waals surface area contributed by atoms with Crippen LogP contribution in [0.4, 0.5) is 22.7 Å². The second-order valence-corrected chi connectivity index (χ2v) is 7.83. The Morgan fingerprint density at radius 3 is 2.25 bits per heavy atom. The van der Waals surface area contributed by atoms with Crippen LogP contribution in [0, 0.1) is 0 Å². The van der Waals surface area contributed by atoms with Crippen LogP contribution in [-0.4, -0.2) is 57.7 Å². The van der Waals surface area contributed by atoms with Gasteiger partial charge in [-0.05, 0) is 48.5 Å². The van der Waals surface area contributed by atoms with E-state index in [2.05, 4.69) is 45.4 Å². The number of methoxy groups -OCH3 is 1. The Hall–Kier alpha value is -3.67. The first-order valence-corrected chi connectivity index (χ1v) is 10.9. The van der Waals surface area contributed by atoms with Crippen molar-refractivity contribution >= 4 is 28.7 Å². The van der Waals surface area contributed by atoms with Crippen LogP contribution in [0.2, 0.25) is 0 Å². The molecule has 0 atom stereocenters. The summed E-state index contributed by atoms with van der Waals surface area (Å²) in [6, 6.07) is 26.4. The van der Waals surface area contributed by atoms with E-state index in [1.54, 1.807) is 7.11 Å². The van der Waals surface area contributed by atoms with Gasteiger partial charge in [-0.2, -0.15) is 0 Å². The summed E-state index contributed by atoms with van der Waals surface area (Å²) in [5.74, 6) is 0.975. The van der Waals surface area contributed by atoms with Gasteiger partial charge in [-0.1, -0.05) is 30.3 Å². The van der Waals surface area contributed by atoms with E-state index in [9.17, 15) is 4.79 Å². The van der Waals surface area contributed by atoms with Gasteiger partial charge in [-0.25, -0.2) is 0 Å². The van der Waals surface area contributed by atoms with Gasteiger partial charge in [0.05, 0.1) is 25.0 Å². The van der Waals surface area contributed by atoms with E-state index in [-0.39, 0.29) is 12.5 Å². The molecule has 166 valence electrons. The maximum atomic E-state index is 12.9. The van der Waals surface area contributed by atoms with Crippen LogP contribution in [0.15, 0.2) is 78.9 Å². The number of hydrogen-bond donors (Lipinski definition) is 1. The number of amides is 1. The minimum Gasteiger partial charge on any atom is -0.497 e. The number of nitrogens with one attached hydrogen (secondary N) is 1. The van der Waals surface area contributed by atoms with Gasteiger partial charge < -0.3 is 24.8 Å². The lowest BCUT2D eigenvalue weighted by Gasteiger charge is -2.36. The number of piperazine rings is 1. The maximum absolute atomic E-state index is 12.9. The number of benzene rings is 3. The van der Waals surface area contributed by atoms with E-state index in [0.29, 0.717) is 0 Å². The zero-order chi connectivity index (χ0) is 22.3. The van der Waals surface area contributed by atoms with Gasteiger partial charge in [-0.3, -0.25) is 4.79 Å². The normalized spacial score (nSPS) is 13.6. The Labute approximate surface area is 190 Å². The topological polar surface area (TPSA) is 48.1 Å². The first-order chi connectivity index (χ1) is 15.7. The SMILES string of the molecule is COc1ccc(N2CCN(C(=O)CNc3ccccc3N(C)c3ccccc3)CC2)cc1. The third kappa shape index (κ3) is 4.97. The lowest BCUT2D eigenvalue weighted by atomic mass is 10.2. The molecule has 1 aliphatic rings. The molecule has 3 aromatic carbocycles. The van der Waals surface area contributed by atoms with Crippen LogP contribution in [0.1, 0.15) is 0 Å². The molecule has 0 aliphatic carbocycles. The first-order valence-electron chi connectivity index (χ1n) is 10.9. The molecule has 0 unspecified atom stereocenters. The molecule has 1 heterocycles. The minimum absolute atomic E-state index is 0.122. The third-order valence-electron chi connectivity index (χ3n) is 5.91. The van der Waals surface area contributed by atoms with Gasteiger partial charge in [0, 0.05) is 44.6 Å². The predicted octanol–water partition coefficient (Wildman–Crippen LogP) is 4.22. The minimum atomic E-state index is 0.122. The molecule has 0 bridgehead atoms. The van der Waals surface area contributed by atoms with Gasteiger partial charge in [0.2, 0.25) is 5.91 Å². The molecule has 1 saturated heterocycles. The van der Waals surface area contributed by atoms with E-state index < -0.39 is 0 Å². The van der Waals surface area contributed by atoms with Gasteiger partial charge in [-0.15, -0.1) is 0 Å². The van der Waals surface area contributed by atoms with E-state index >= 15 is 0 Å². The number of anilines is 4. The van der Waals surface area contributed by atoms with Gasteiger partial charge in [0.1, 0.15) is 5.75 Å². The maximum Gasteiger partial charge on any atom is 0.241 e. The van der Waals surface area contributed by atoms with Crippen molar-refractivity contribution in [3.8, 4) is 5.75 Å². The van der Waals surface area contributed by atoms with Crippen LogP contribution in [0.3, 0.4) is 0 Å². The van der Waals surface area contributed by atoms with Crippen molar-refractivity contribution in [2.75, 3.05) is 62.0 Å². The van der Waals surface area contributed by atoms with Crippen molar-refractivity contribution in [2.45, 2.75) is 0 Å². The molecule has 1 N–H and O–H groups in total. The summed E-state index contributed by atoms with van der Waals surface area (Å²) >= 11 is 0. The number of hydrogen-bond acceptors (Lipinski definition) is 5. The molecule has 32 heavy (non-hydrogen) atoms.